The molecule has 2 nitrogen and oxygen atoms in total. The van der Waals surface area contributed by atoms with Gasteiger partial charge in [0.2, 0.25) is 0 Å². The molecule has 1 atom stereocenters. The number of unbranched alkanes of at least 4 members (excludes halogenated alkanes) is 1. The van der Waals surface area contributed by atoms with Crippen LogP contribution >= 0.6 is 15.9 Å². The summed E-state index contributed by atoms with van der Waals surface area (Å²) in [6, 6.07) is 4.50. The van der Waals surface area contributed by atoms with E-state index in [2.05, 4.69) is 51.9 Å². The van der Waals surface area contributed by atoms with Gasteiger partial charge in [0, 0.05) is 16.7 Å². The summed E-state index contributed by atoms with van der Waals surface area (Å²) in [5.74, 6) is 0. The van der Waals surface area contributed by atoms with Crippen LogP contribution in [-0.2, 0) is 0 Å². The smallest absolute Gasteiger partial charge is 0.0574 e. The number of hydrogen-bond donors (Lipinski definition) is 1. The van der Waals surface area contributed by atoms with Gasteiger partial charge >= 0.3 is 0 Å². The van der Waals surface area contributed by atoms with Crippen molar-refractivity contribution >= 4 is 15.9 Å². The maximum atomic E-state index is 4.48. The van der Waals surface area contributed by atoms with Gasteiger partial charge < -0.3 is 5.32 Å². The fourth-order valence-electron chi connectivity index (χ4n) is 1.73. The third-order valence-corrected chi connectivity index (χ3v) is 3.12. The van der Waals surface area contributed by atoms with E-state index in [4.69, 9.17) is 0 Å². The molecule has 1 N–H and O–H groups in total. The quantitative estimate of drug-likeness (QED) is 0.573. The van der Waals surface area contributed by atoms with Crippen molar-refractivity contribution < 1.29 is 0 Å². The Morgan fingerprint density at radius 3 is 2.94 bits per heavy atom. The number of halogens is 1. The highest BCUT2D eigenvalue weighted by Gasteiger charge is 2.10. The molecule has 0 aliphatic rings. The molecule has 0 aliphatic carbocycles. The molecule has 1 aromatic heterocycles. The summed E-state index contributed by atoms with van der Waals surface area (Å²) >= 11 is 3.41. The van der Waals surface area contributed by atoms with Crippen LogP contribution < -0.4 is 5.32 Å². The van der Waals surface area contributed by atoms with Gasteiger partial charge in [-0.1, -0.05) is 13.0 Å². The number of allylic oxidation sites excluding steroid dienone is 1. The van der Waals surface area contributed by atoms with E-state index < -0.39 is 0 Å². The highest BCUT2D eigenvalue weighted by atomic mass is 79.9. The first-order chi connectivity index (χ1) is 8.27. The van der Waals surface area contributed by atoms with Crippen LogP contribution in [0.25, 0.3) is 0 Å². The molecule has 0 radical (unpaired) electrons. The van der Waals surface area contributed by atoms with Gasteiger partial charge in [-0.05, 0) is 60.3 Å². The Kier molecular flexibility index (Phi) is 7.13. The second kappa shape index (κ2) is 8.43. The van der Waals surface area contributed by atoms with E-state index in [1.807, 2.05) is 12.3 Å². The molecular weight excluding hydrogens is 276 g/mol. The zero-order valence-electron chi connectivity index (χ0n) is 10.5. The molecule has 1 aromatic rings. The first-order valence-electron chi connectivity index (χ1n) is 6.23. The average molecular weight is 297 g/mol. The minimum atomic E-state index is 0.364. The summed E-state index contributed by atoms with van der Waals surface area (Å²) in [6.45, 7) is 6.98. The zero-order chi connectivity index (χ0) is 12.5. The summed E-state index contributed by atoms with van der Waals surface area (Å²) in [5, 5.41) is 3.55. The van der Waals surface area contributed by atoms with Crippen LogP contribution in [0.3, 0.4) is 0 Å². The lowest BCUT2D eigenvalue weighted by molar-refractivity contribution is 0.476. The molecule has 94 valence electrons. The molecule has 0 aliphatic heterocycles. The number of hydrogen-bond acceptors (Lipinski definition) is 2. The van der Waals surface area contributed by atoms with E-state index in [-0.39, 0.29) is 0 Å². The largest absolute Gasteiger partial charge is 0.309 e. The van der Waals surface area contributed by atoms with Gasteiger partial charge in [0.05, 0.1) is 5.69 Å². The van der Waals surface area contributed by atoms with Crippen molar-refractivity contribution in [3.8, 4) is 0 Å². The summed E-state index contributed by atoms with van der Waals surface area (Å²) in [7, 11) is 0. The van der Waals surface area contributed by atoms with Crippen molar-refractivity contribution in [2.75, 3.05) is 6.54 Å². The van der Waals surface area contributed by atoms with E-state index in [1.165, 1.54) is 0 Å². The van der Waals surface area contributed by atoms with Crippen LogP contribution in [0.1, 0.15) is 44.3 Å². The summed E-state index contributed by atoms with van der Waals surface area (Å²) < 4.78 is 1.03. The second-order valence-corrected chi connectivity index (χ2v) is 5.04. The zero-order valence-corrected chi connectivity index (χ0v) is 12.0. The van der Waals surface area contributed by atoms with Crippen molar-refractivity contribution in [2.45, 2.75) is 38.6 Å². The summed E-state index contributed by atoms with van der Waals surface area (Å²) in [5.41, 5.74) is 1.13. The third kappa shape index (κ3) is 5.46. The van der Waals surface area contributed by atoms with Gasteiger partial charge in [-0.25, -0.2) is 0 Å². The molecule has 0 saturated heterocycles. The van der Waals surface area contributed by atoms with Gasteiger partial charge in [0.25, 0.3) is 0 Å². The fraction of sp³-hybridized carbons (Fsp3) is 0.500. The summed E-state index contributed by atoms with van der Waals surface area (Å²) in [6.07, 6.45) is 8.33. The highest BCUT2D eigenvalue weighted by molar-refractivity contribution is 9.10. The maximum Gasteiger partial charge on any atom is 0.0574 e. The van der Waals surface area contributed by atoms with E-state index >= 15 is 0 Å². The lowest BCUT2D eigenvalue weighted by atomic mass is 10.1. The van der Waals surface area contributed by atoms with Gasteiger partial charge in [0.1, 0.15) is 0 Å². The standard InChI is InChI=1S/C14H21BrN2/c1-3-5-6-7-13(16-10-4-2)14-9-8-12(15)11-17-14/h3,8-9,11,13,16H,1,4-7,10H2,2H3. The first-order valence-corrected chi connectivity index (χ1v) is 7.03. The SMILES string of the molecule is C=CCCCC(NCCC)c1ccc(Br)cn1. The Bertz CT molecular complexity index is 321. The Morgan fingerprint density at radius 2 is 2.35 bits per heavy atom. The second-order valence-electron chi connectivity index (χ2n) is 4.13. The number of rotatable bonds is 8. The molecule has 1 rings (SSSR count). The van der Waals surface area contributed by atoms with Crippen LogP contribution in [0.15, 0.2) is 35.5 Å². The molecule has 0 amide bonds. The third-order valence-electron chi connectivity index (χ3n) is 2.65. The van der Waals surface area contributed by atoms with Crippen LogP contribution in [0.5, 0.6) is 0 Å². The van der Waals surface area contributed by atoms with Gasteiger partial charge in [-0.2, -0.15) is 0 Å². The van der Waals surface area contributed by atoms with Crippen molar-refractivity contribution in [3.63, 3.8) is 0 Å². The van der Waals surface area contributed by atoms with Gasteiger partial charge in [-0.3, -0.25) is 4.98 Å². The molecule has 0 aromatic carbocycles. The Labute approximate surface area is 113 Å². The molecule has 1 heterocycles. The highest BCUT2D eigenvalue weighted by Crippen LogP contribution is 2.19. The van der Waals surface area contributed by atoms with Gasteiger partial charge in [0.15, 0.2) is 0 Å². The van der Waals surface area contributed by atoms with Crippen LogP contribution in [0.4, 0.5) is 0 Å². The normalized spacial score (nSPS) is 12.4. The van der Waals surface area contributed by atoms with Crippen LogP contribution in [0, 0.1) is 0 Å². The Hall–Kier alpha value is -0.670. The molecule has 0 spiro atoms. The monoisotopic (exact) mass is 296 g/mol. The molecular formula is C14H21BrN2. The van der Waals surface area contributed by atoms with E-state index in [9.17, 15) is 0 Å². The van der Waals surface area contributed by atoms with Crippen molar-refractivity contribution in [3.05, 3.63) is 41.2 Å². The molecule has 0 bridgehead atoms. The van der Waals surface area contributed by atoms with Crippen LogP contribution in [0.2, 0.25) is 0 Å². The fourth-order valence-corrected chi connectivity index (χ4v) is 1.97. The number of nitrogens with zero attached hydrogens (tertiary/aromatic N) is 1. The summed E-state index contributed by atoms with van der Waals surface area (Å²) in [4.78, 5) is 4.48. The molecule has 1 unspecified atom stereocenters. The number of aromatic nitrogens is 1. The minimum absolute atomic E-state index is 0.364. The van der Waals surface area contributed by atoms with Gasteiger partial charge in [-0.15, -0.1) is 6.58 Å². The maximum absolute atomic E-state index is 4.48. The lowest BCUT2D eigenvalue weighted by Crippen LogP contribution is -2.23. The topological polar surface area (TPSA) is 24.9 Å². The lowest BCUT2D eigenvalue weighted by Gasteiger charge is -2.17. The molecule has 0 saturated carbocycles. The average Bonchev–Trinajstić information content (AvgIpc) is 2.35. The minimum Gasteiger partial charge on any atom is -0.309 e. The van der Waals surface area contributed by atoms with E-state index in [0.29, 0.717) is 6.04 Å². The van der Waals surface area contributed by atoms with Crippen LogP contribution in [-0.4, -0.2) is 11.5 Å². The molecule has 3 heteroatoms. The van der Waals surface area contributed by atoms with E-state index in [1.54, 1.807) is 0 Å². The predicted molar refractivity (Wildman–Crippen MR) is 77.0 cm³/mol. The molecule has 0 fully saturated rings. The Balaban J connectivity index is 2.60. The predicted octanol–water partition coefficient (Wildman–Crippen LogP) is 4.24. The Morgan fingerprint density at radius 1 is 1.53 bits per heavy atom. The van der Waals surface area contributed by atoms with Crippen molar-refractivity contribution in [1.82, 2.24) is 10.3 Å². The van der Waals surface area contributed by atoms with E-state index in [0.717, 1.165) is 42.4 Å². The van der Waals surface area contributed by atoms with Crippen molar-refractivity contribution in [1.29, 1.82) is 0 Å². The number of nitrogens with one attached hydrogen (secondary N) is 1. The van der Waals surface area contributed by atoms with Crippen molar-refractivity contribution in [2.24, 2.45) is 0 Å². The number of pyridine rings is 1. The molecule has 17 heavy (non-hydrogen) atoms. The first kappa shape index (κ1) is 14.4.